The van der Waals surface area contributed by atoms with Crippen molar-refractivity contribution in [1.29, 1.82) is 0 Å². The molecule has 1 heterocycles. The fourth-order valence-electron chi connectivity index (χ4n) is 3.79. The largest absolute Gasteiger partial charge is 0.343 e. The first-order valence-electron chi connectivity index (χ1n) is 10.5. The number of sulfonamides is 1. The number of carbonyl (C=O) groups is 2. The van der Waals surface area contributed by atoms with Gasteiger partial charge in [0.25, 0.3) is 11.6 Å². The Balaban J connectivity index is 1.33. The van der Waals surface area contributed by atoms with Gasteiger partial charge in [-0.2, -0.15) is 4.31 Å². The van der Waals surface area contributed by atoms with Crippen molar-refractivity contribution in [2.45, 2.75) is 4.90 Å². The van der Waals surface area contributed by atoms with Gasteiger partial charge in [-0.3, -0.25) is 19.7 Å². The lowest BCUT2D eigenvalue weighted by Crippen LogP contribution is -2.52. The average molecular weight is 483 g/mol. The van der Waals surface area contributed by atoms with Gasteiger partial charge < -0.3 is 10.2 Å². The molecule has 2 amide bonds. The maximum absolute atomic E-state index is 13.1. The molecule has 0 spiro atoms. The quantitative estimate of drug-likeness (QED) is 0.423. The SMILES string of the molecule is O=C(NCC(=O)N1CCN(S(=O)(=O)c2ccc3ccccc3c2)CC1)c1cccc([N+](=O)[O-])c1. The van der Waals surface area contributed by atoms with E-state index < -0.39 is 20.9 Å². The first-order valence-corrected chi connectivity index (χ1v) is 12.0. The van der Waals surface area contributed by atoms with Gasteiger partial charge in [0.1, 0.15) is 0 Å². The van der Waals surface area contributed by atoms with Gasteiger partial charge in [-0.05, 0) is 29.0 Å². The second-order valence-electron chi connectivity index (χ2n) is 7.78. The highest BCUT2D eigenvalue weighted by molar-refractivity contribution is 7.89. The molecule has 1 aliphatic heterocycles. The molecule has 0 bridgehead atoms. The van der Waals surface area contributed by atoms with Crippen molar-refractivity contribution in [3.8, 4) is 0 Å². The summed E-state index contributed by atoms with van der Waals surface area (Å²) in [4.78, 5) is 36.7. The van der Waals surface area contributed by atoms with E-state index in [-0.39, 0.29) is 54.8 Å². The summed E-state index contributed by atoms with van der Waals surface area (Å²) >= 11 is 0. The third-order valence-electron chi connectivity index (χ3n) is 5.67. The maximum Gasteiger partial charge on any atom is 0.270 e. The van der Waals surface area contributed by atoms with Crippen LogP contribution in [0.1, 0.15) is 10.4 Å². The zero-order valence-corrected chi connectivity index (χ0v) is 18.9. The van der Waals surface area contributed by atoms with Gasteiger partial charge in [-0.1, -0.05) is 36.4 Å². The molecule has 3 aromatic rings. The molecule has 1 fully saturated rings. The lowest BCUT2D eigenvalue weighted by Gasteiger charge is -2.34. The summed E-state index contributed by atoms with van der Waals surface area (Å²) < 4.78 is 27.5. The highest BCUT2D eigenvalue weighted by atomic mass is 32.2. The molecule has 0 radical (unpaired) electrons. The van der Waals surface area contributed by atoms with Crippen LogP contribution in [0.25, 0.3) is 10.8 Å². The number of piperazine rings is 1. The van der Waals surface area contributed by atoms with Crippen LogP contribution in [0.2, 0.25) is 0 Å². The van der Waals surface area contributed by atoms with E-state index in [1.54, 1.807) is 18.2 Å². The van der Waals surface area contributed by atoms with E-state index in [2.05, 4.69) is 5.32 Å². The van der Waals surface area contributed by atoms with E-state index in [1.165, 1.54) is 27.4 Å². The number of hydrogen-bond acceptors (Lipinski definition) is 6. The van der Waals surface area contributed by atoms with Gasteiger partial charge in [-0.25, -0.2) is 8.42 Å². The molecule has 1 N–H and O–H groups in total. The Labute approximate surface area is 196 Å². The topological polar surface area (TPSA) is 130 Å². The van der Waals surface area contributed by atoms with Crippen LogP contribution < -0.4 is 5.32 Å². The van der Waals surface area contributed by atoms with Crippen LogP contribution in [0.3, 0.4) is 0 Å². The minimum atomic E-state index is -3.70. The number of nitro benzene ring substituents is 1. The minimum absolute atomic E-state index is 0.0771. The average Bonchev–Trinajstić information content (AvgIpc) is 2.86. The molecule has 4 rings (SSSR count). The van der Waals surface area contributed by atoms with Gasteiger partial charge in [0, 0.05) is 43.9 Å². The molecule has 3 aromatic carbocycles. The summed E-state index contributed by atoms with van der Waals surface area (Å²) in [6.07, 6.45) is 0. The monoisotopic (exact) mass is 482 g/mol. The lowest BCUT2D eigenvalue weighted by atomic mass is 10.1. The number of nitro groups is 1. The van der Waals surface area contributed by atoms with Crippen LogP contribution in [0, 0.1) is 10.1 Å². The van der Waals surface area contributed by atoms with Crippen LogP contribution in [-0.4, -0.2) is 67.1 Å². The highest BCUT2D eigenvalue weighted by Gasteiger charge is 2.30. The van der Waals surface area contributed by atoms with Gasteiger partial charge in [-0.15, -0.1) is 0 Å². The molecule has 0 saturated carbocycles. The number of hydrogen-bond donors (Lipinski definition) is 1. The van der Waals surface area contributed by atoms with Gasteiger partial charge in [0.2, 0.25) is 15.9 Å². The van der Waals surface area contributed by atoms with Crippen molar-refractivity contribution in [2.24, 2.45) is 0 Å². The molecule has 34 heavy (non-hydrogen) atoms. The van der Waals surface area contributed by atoms with E-state index in [9.17, 15) is 28.1 Å². The van der Waals surface area contributed by atoms with Crippen molar-refractivity contribution >= 4 is 38.3 Å². The Morgan fingerprint density at radius 2 is 1.62 bits per heavy atom. The first kappa shape index (κ1) is 23.3. The Bertz CT molecular complexity index is 1370. The van der Waals surface area contributed by atoms with Crippen molar-refractivity contribution in [3.63, 3.8) is 0 Å². The number of amides is 2. The van der Waals surface area contributed by atoms with E-state index >= 15 is 0 Å². The van der Waals surface area contributed by atoms with Gasteiger partial charge in [0.15, 0.2) is 0 Å². The van der Waals surface area contributed by atoms with Gasteiger partial charge in [0.05, 0.1) is 16.4 Å². The molecule has 176 valence electrons. The summed E-state index contributed by atoms with van der Waals surface area (Å²) in [6, 6.07) is 17.7. The summed E-state index contributed by atoms with van der Waals surface area (Å²) in [5, 5.41) is 15.1. The number of nitrogens with zero attached hydrogens (tertiary/aromatic N) is 3. The first-order chi connectivity index (χ1) is 16.3. The fourth-order valence-corrected chi connectivity index (χ4v) is 5.24. The Morgan fingerprint density at radius 3 is 2.32 bits per heavy atom. The molecule has 0 aliphatic carbocycles. The Hall–Kier alpha value is -3.83. The normalized spacial score (nSPS) is 14.6. The molecule has 11 heteroatoms. The summed E-state index contributed by atoms with van der Waals surface area (Å²) in [5.41, 5.74) is -0.143. The van der Waals surface area contributed by atoms with Crippen LogP contribution in [0.15, 0.2) is 71.6 Å². The fraction of sp³-hybridized carbons (Fsp3) is 0.217. The molecule has 1 aliphatic rings. The molecule has 0 aromatic heterocycles. The summed E-state index contributed by atoms with van der Waals surface area (Å²) in [7, 11) is -3.70. The number of fused-ring (bicyclic) bond motifs is 1. The maximum atomic E-state index is 13.1. The van der Waals surface area contributed by atoms with E-state index in [0.29, 0.717) is 0 Å². The predicted molar refractivity (Wildman–Crippen MR) is 125 cm³/mol. The second-order valence-corrected chi connectivity index (χ2v) is 9.72. The Morgan fingerprint density at radius 1 is 0.912 bits per heavy atom. The van der Waals surface area contributed by atoms with Crippen molar-refractivity contribution in [3.05, 3.63) is 82.4 Å². The standard InChI is InChI=1S/C23H22N4O6S/c28-22(16-24-23(29)19-6-3-7-20(14-19)27(30)31)25-10-12-26(13-11-25)34(32,33)21-9-8-17-4-1-2-5-18(17)15-21/h1-9,14-15H,10-13,16H2,(H,24,29). The highest BCUT2D eigenvalue weighted by Crippen LogP contribution is 2.23. The van der Waals surface area contributed by atoms with Crippen LogP contribution in [0.4, 0.5) is 5.69 Å². The van der Waals surface area contributed by atoms with Crippen molar-refractivity contribution < 1.29 is 22.9 Å². The molecule has 0 atom stereocenters. The smallest absolute Gasteiger partial charge is 0.270 e. The van der Waals surface area contributed by atoms with E-state index in [4.69, 9.17) is 0 Å². The zero-order chi connectivity index (χ0) is 24.3. The molecule has 10 nitrogen and oxygen atoms in total. The van der Waals surface area contributed by atoms with E-state index in [0.717, 1.165) is 16.8 Å². The summed E-state index contributed by atoms with van der Waals surface area (Å²) in [5.74, 6) is -0.962. The molecular weight excluding hydrogens is 460 g/mol. The molecule has 1 saturated heterocycles. The lowest BCUT2D eigenvalue weighted by molar-refractivity contribution is -0.384. The van der Waals surface area contributed by atoms with E-state index in [1.807, 2.05) is 24.3 Å². The molecule has 0 unspecified atom stereocenters. The van der Waals surface area contributed by atoms with Crippen LogP contribution in [0.5, 0.6) is 0 Å². The third kappa shape index (κ3) is 4.90. The number of carbonyl (C=O) groups excluding carboxylic acids is 2. The van der Waals surface area contributed by atoms with Crippen molar-refractivity contribution in [1.82, 2.24) is 14.5 Å². The van der Waals surface area contributed by atoms with Crippen molar-refractivity contribution in [2.75, 3.05) is 32.7 Å². The van der Waals surface area contributed by atoms with Gasteiger partial charge >= 0.3 is 0 Å². The molecular formula is C23H22N4O6S. The number of nitrogens with one attached hydrogen (secondary N) is 1. The third-order valence-corrected chi connectivity index (χ3v) is 7.56. The van der Waals surface area contributed by atoms with Crippen LogP contribution >= 0.6 is 0 Å². The van der Waals surface area contributed by atoms with Crippen LogP contribution in [-0.2, 0) is 14.8 Å². The summed E-state index contributed by atoms with van der Waals surface area (Å²) in [6.45, 7) is 0.370. The minimum Gasteiger partial charge on any atom is -0.343 e. The second kappa shape index (κ2) is 9.57. The number of rotatable bonds is 6. The Kier molecular flexibility index (Phi) is 6.57. The predicted octanol–water partition coefficient (Wildman–Crippen LogP) is 2.01. The zero-order valence-electron chi connectivity index (χ0n) is 18.1. The number of benzene rings is 3. The number of non-ortho nitro benzene ring substituents is 1.